The predicted octanol–water partition coefficient (Wildman–Crippen LogP) is 4.45. The molecule has 0 aliphatic rings. The van der Waals surface area contributed by atoms with E-state index in [4.69, 9.17) is 17.0 Å². The number of thiocarbonyl (C=S) groups is 1. The number of nitrogens with one attached hydrogen (secondary N) is 3. The van der Waals surface area contributed by atoms with Crippen LogP contribution in [0.2, 0.25) is 0 Å². The van der Waals surface area contributed by atoms with Crippen LogP contribution in [-0.2, 0) is 0 Å². The Balaban J connectivity index is 1.86. The fourth-order valence-electron chi connectivity index (χ4n) is 3.32. The van der Waals surface area contributed by atoms with Crippen molar-refractivity contribution >= 4 is 34.8 Å². The van der Waals surface area contributed by atoms with E-state index in [9.17, 15) is 9.59 Å². The van der Waals surface area contributed by atoms with E-state index in [1.165, 1.54) is 0 Å². The number of ether oxygens (including phenoxy) is 1. The highest BCUT2D eigenvalue weighted by Gasteiger charge is 2.14. The Hall–Kier alpha value is -2.97. The van der Waals surface area contributed by atoms with Crippen molar-refractivity contribution in [1.29, 1.82) is 0 Å². The molecular weight excluding hydrogens is 448 g/mol. The number of nitrogens with zero attached hydrogens (tertiary/aromatic N) is 1. The third-order valence-electron chi connectivity index (χ3n) is 5.38. The van der Waals surface area contributed by atoms with Crippen LogP contribution in [0.15, 0.2) is 48.5 Å². The summed E-state index contributed by atoms with van der Waals surface area (Å²) in [5, 5.41) is 8.78. The van der Waals surface area contributed by atoms with Crippen molar-refractivity contribution < 1.29 is 14.3 Å². The van der Waals surface area contributed by atoms with Crippen LogP contribution >= 0.6 is 12.2 Å². The first-order valence-electron chi connectivity index (χ1n) is 11.9. The Morgan fingerprint density at radius 3 is 2.32 bits per heavy atom. The number of amides is 2. The van der Waals surface area contributed by atoms with Gasteiger partial charge in [0.25, 0.3) is 11.8 Å². The van der Waals surface area contributed by atoms with E-state index < -0.39 is 0 Å². The van der Waals surface area contributed by atoms with Crippen molar-refractivity contribution in [3.8, 4) is 5.75 Å². The van der Waals surface area contributed by atoms with Gasteiger partial charge in [-0.15, -0.1) is 0 Å². The van der Waals surface area contributed by atoms with Crippen LogP contribution in [0.3, 0.4) is 0 Å². The van der Waals surface area contributed by atoms with E-state index in [1.807, 2.05) is 6.07 Å². The smallest absolute Gasteiger partial charge is 0.261 e. The molecule has 2 aromatic rings. The minimum absolute atomic E-state index is 0.120. The Morgan fingerprint density at radius 2 is 1.65 bits per heavy atom. The van der Waals surface area contributed by atoms with Gasteiger partial charge in [0.15, 0.2) is 5.11 Å². The highest BCUT2D eigenvalue weighted by atomic mass is 32.1. The largest absolute Gasteiger partial charge is 0.493 e. The van der Waals surface area contributed by atoms with Crippen molar-refractivity contribution in [3.05, 3.63) is 59.7 Å². The van der Waals surface area contributed by atoms with Gasteiger partial charge in [-0.25, -0.2) is 0 Å². The Kier molecular flexibility index (Phi) is 12.1. The molecule has 0 aromatic heterocycles. The lowest BCUT2D eigenvalue weighted by atomic mass is 10.2. The van der Waals surface area contributed by atoms with Crippen LogP contribution < -0.4 is 20.7 Å². The van der Waals surface area contributed by atoms with Crippen molar-refractivity contribution in [3.63, 3.8) is 0 Å². The molecule has 0 bridgehead atoms. The lowest BCUT2D eigenvalue weighted by molar-refractivity contribution is 0.0946. The topological polar surface area (TPSA) is 82.7 Å². The monoisotopic (exact) mass is 484 g/mol. The average Bonchev–Trinajstić information content (AvgIpc) is 2.85. The molecule has 0 radical (unpaired) electrons. The molecule has 3 N–H and O–H groups in total. The lowest BCUT2D eigenvalue weighted by Crippen LogP contribution is -2.35. The normalized spacial score (nSPS) is 10.6. The number of anilines is 1. The van der Waals surface area contributed by atoms with Gasteiger partial charge < -0.3 is 20.3 Å². The van der Waals surface area contributed by atoms with Crippen molar-refractivity contribution in [1.82, 2.24) is 15.5 Å². The maximum absolute atomic E-state index is 12.7. The van der Waals surface area contributed by atoms with Crippen LogP contribution in [0.1, 0.15) is 60.7 Å². The van der Waals surface area contributed by atoms with Crippen LogP contribution in [0.5, 0.6) is 5.75 Å². The van der Waals surface area contributed by atoms with E-state index in [1.54, 1.807) is 42.5 Å². The molecule has 0 aliphatic heterocycles. The van der Waals surface area contributed by atoms with Crippen LogP contribution in [0, 0.1) is 0 Å². The number of benzene rings is 2. The molecule has 0 heterocycles. The van der Waals surface area contributed by atoms with Gasteiger partial charge in [-0.1, -0.05) is 45.7 Å². The molecule has 8 heteroatoms. The van der Waals surface area contributed by atoms with Gasteiger partial charge in [0, 0.05) is 24.3 Å². The zero-order valence-electron chi connectivity index (χ0n) is 20.4. The van der Waals surface area contributed by atoms with E-state index in [2.05, 4.69) is 41.6 Å². The fourth-order valence-corrected chi connectivity index (χ4v) is 3.53. The second-order valence-corrected chi connectivity index (χ2v) is 8.23. The fraction of sp³-hybridized carbons (Fsp3) is 0.423. The SMILES string of the molecule is CCCCCOc1ccccc1C(=O)NC(=S)Nc1ccc(C(=O)NCCN(CC)CC)cc1. The number of hydrogen-bond acceptors (Lipinski definition) is 5. The highest BCUT2D eigenvalue weighted by Crippen LogP contribution is 2.18. The van der Waals surface area contributed by atoms with Crippen molar-refractivity contribution in [2.75, 3.05) is 38.1 Å². The molecule has 7 nitrogen and oxygen atoms in total. The molecule has 2 aromatic carbocycles. The summed E-state index contributed by atoms with van der Waals surface area (Å²) in [6, 6.07) is 14.1. The van der Waals surface area contributed by atoms with Gasteiger partial charge in [-0.05, 0) is 68.1 Å². The molecule has 0 atom stereocenters. The summed E-state index contributed by atoms with van der Waals surface area (Å²) in [5.74, 6) is 0.0770. The number of hydrogen-bond donors (Lipinski definition) is 3. The molecule has 0 saturated heterocycles. The van der Waals surface area contributed by atoms with Gasteiger partial charge in [0.2, 0.25) is 0 Å². The number of rotatable bonds is 13. The third kappa shape index (κ3) is 9.11. The van der Waals surface area contributed by atoms with Crippen LogP contribution in [-0.4, -0.2) is 54.6 Å². The highest BCUT2D eigenvalue weighted by molar-refractivity contribution is 7.80. The summed E-state index contributed by atoms with van der Waals surface area (Å²) in [5.41, 5.74) is 1.67. The van der Waals surface area contributed by atoms with Gasteiger partial charge in [0.05, 0.1) is 12.2 Å². The summed E-state index contributed by atoms with van der Waals surface area (Å²) in [6.07, 6.45) is 3.13. The van der Waals surface area contributed by atoms with Gasteiger partial charge in [0.1, 0.15) is 5.75 Å². The number of carbonyl (C=O) groups is 2. The standard InChI is InChI=1S/C26H36N4O3S/c1-4-7-10-19-33-23-12-9-8-11-22(23)25(32)29-26(34)28-21-15-13-20(14-16-21)24(31)27-17-18-30(5-2)6-3/h8-9,11-16H,4-7,10,17-19H2,1-3H3,(H,27,31)(H2,28,29,32,34). The molecule has 0 fully saturated rings. The Morgan fingerprint density at radius 1 is 0.941 bits per heavy atom. The summed E-state index contributed by atoms with van der Waals surface area (Å²) >= 11 is 5.30. The van der Waals surface area contributed by atoms with Gasteiger partial charge in [-0.2, -0.15) is 0 Å². The number of likely N-dealkylation sites (N-methyl/N-ethyl adjacent to an activating group) is 1. The van der Waals surface area contributed by atoms with E-state index >= 15 is 0 Å². The summed E-state index contributed by atoms with van der Waals surface area (Å²) < 4.78 is 5.78. The van der Waals surface area contributed by atoms with Crippen molar-refractivity contribution in [2.24, 2.45) is 0 Å². The van der Waals surface area contributed by atoms with E-state index in [-0.39, 0.29) is 16.9 Å². The summed E-state index contributed by atoms with van der Waals surface area (Å²) in [7, 11) is 0. The molecule has 0 spiro atoms. The second-order valence-electron chi connectivity index (χ2n) is 7.82. The quantitative estimate of drug-likeness (QED) is 0.288. The molecule has 0 aliphatic carbocycles. The summed E-state index contributed by atoms with van der Waals surface area (Å²) in [4.78, 5) is 27.3. The van der Waals surface area contributed by atoms with Gasteiger partial charge >= 0.3 is 0 Å². The molecule has 2 amide bonds. The van der Waals surface area contributed by atoms with Gasteiger partial charge in [-0.3, -0.25) is 14.9 Å². The number of para-hydroxylation sites is 1. The number of carbonyl (C=O) groups excluding carboxylic acids is 2. The van der Waals surface area contributed by atoms with Crippen LogP contribution in [0.25, 0.3) is 0 Å². The van der Waals surface area contributed by atoms with E-state index in [0.29, 0.717) is 35.7 Å². The van der Waals surface area contributed by atoms with E-state index in [0.717, 1.165) is 38.9 Å². The molecule has 184 valence electrons. The molecular formula is C26H36N4O3S. The Bertz CT molecular complexity index is 930. The molecule has 2 rings (SSSR count). The maximum atomic E-state index is 12.7. The number of unbranched alkanes of at least 4 members (excludes halogenated alkanes) is 2. The lowest BCUT2D eigenvalue weighted by Gasteiger charge is -2.18. The minimum Gasteiger partial charge on any atom is -0.493 e. The first-order chi connectivity index (χ1) is 16.5. The first kappa shape index (κ1) is 27.3. The minimum atomic E-state index is -0.340. The predicted molar refractivity (Wildman–Crippen MR) is 142 cm³/mol. The van der Waals surface area contributed by atoms with Crippen LogP contribution in [0.4, 0.5) is 5.69 Å². The average molecular weight is 485 g/mol. The van der Waals surface area contributed by atoms with Crippen molar-refractivity contribution in [2.45, 2.75) is 40.0 Å². The summed E-state index contributed by atoms with van der Waals surface area (Å²) in [6.45, 7) is 10.2. The second kappa shape index (κ2) is 15.0. The zero-order chi connectivity index (χ0) is 24.8. The maximum Gasteiger partial charge on any atom is 0.261 e. The molecule has 0 saturated carbocycles. The molecule has 34 heavy (non-hydrogen) atoms. The molecule has 0 unspecified atom stereocenters. The first-order valence-corrected chi connectivity index (χ1v) is 12.3. The Labute approximate surface area is 208 Å². The zero-order valence-corrected chi connectivity index (χ0v) is 21.2. The third-order valence-corrected chi connectivity index (χ3v) is 5.58.